The third-order valence-electron chi connectivity index (χ3n) is 4.20. The highest BCUT2D eigenvalue weighted by molar-refractivity contribution is 5.85. The Balaban J connectivity index is 0.00000180. The van der Waals surface area contributed by atoms with Crippen molar-refractivity contribution in [1.29, 1.82) is 0 Å². The summed E-state index contributed by atoms with van der Waals surface area (Å²) in [6, 6.07) is 0.249. The van der Waals surface area contributed by atoms with Crippen LogP contribution in [0.2, 0.25) is 0 Å². The summed E-state index contributed by atoms with van der Waals surface area (Å²) < 4.78 is 0. The smallest absolute Gasteiger partial charge is 0.240 e. The molecule has 0 spiro atoms. The van der Waals surface area contributed by atoms with Crippen LogP contribution in [0.25, 0.3) is 0 Å². The van der Waals surface area contributed by atoms with Gasteiger partial charge in [0.15, 0.2) is 0 Å². The highest BCUT2D eigenvalue weighted by Crippen LogP contribution is 2.21. The number of halogens is 2. The summed E-state index contributed by atoms with van der Waals surface area (Å²) in [5.74, 6) is 0.687. The van der Waals surface area contributed by atoms with Gasteiger partial charge in [-0.05, 0) is 38.3 Å². The van der Waals surface area contributed by atoms with E-state index >= 15 is 0 Å². The zero-order valence-electron chi connectivity index (χ0n) is 12.6. The molecule has 20 heavy (non-hydrogen) atoms. The predicted molar refractivity (Wildman–Crippen MR) is 87.7 cm³/mol. The molecule has 2 saturated heterocycles. The SMILES string of the molecule is CC(C)C(C(=O)N1CC[C@@H](N)C1)N1CCCCC1.Cl.Cl. The fourth-order valence-corrected chi connectivity index (χ4v) is 3.23. The van der Waals surface area contributed by atoms with Crippen LogP contribution in [0.3, 0.4) is 0 Å². The molecule has 0 aromatic rings. The monoisotopic (exact) mass is 325 g/mol. The van der Waals surface area contributed by atoms with Crippen molar-refractivity contribution >= 4 is 30.7 Å². The van der Waals surface area contributed by atoms with Gasteiger partial charge in [-0.25, -0.2) is 0 Å². The first-order chi connectivity index (χ1) is 8.59. The van der Waals surface area contributed by atoms with Gasteiger partial charge >= 0.3 is 0 Å². The first kappa shape index (κ1) is 20.0. The molecule has 0 aromatic heterocycles. The normalized spacial score (nSPS) is 25.0. The van der Waals surface area contributed by atoms with Crippen LogP contribution >= 0.6 is 24.8 Å². The molecule has 2 heterocycles. The van der Waals surface area contributed by atoms with Crippen molar-refractivity contribution in [1.82, 2.24) is 9.80 Å². The van der Waals surface area contributed by atoms with Gasteiger partial charge in [0.25, 0.3) is 0 Å². The zero-order valence-corrected chi connectivity index (χ0v) is 14.2. The summed E-state index contributed by atoms with van der Waals surface area (Å²) >= 11 is 0. The van der Waals surface area contributed by atoms with Gasteiger partial charge < -0.3 is 10.6 Å². The van der Waals surface area contributed by atoms with Gasteiger partial charge in [-0.1, -0.05) is 20.3 Å². The van der Waals surface area contributed by atoms with Gasteiger partial charge in [0, 0.05) is 19.1 Å². The maximum absolute atomic E-state index is 12.7. The fraction of sp³-hybridized carbons (Fsp3) is 0.929. The minimum atomic E-state index is 0. The summed E-state index contributed by atoms with van der Waals surface area (Å²) in [4.78, 5) is 17.0. The Hall–Kier alpha value is -0.0300. The molecule has 0 saturated carbocycles. The van der Waals surface area contributed by atoms with E-state index in [-0.39, 0.29) is 36.9 Å². The Morgan fingerprint density at radius 1 is 1.10 bits per heavy atom. The summed E-state index contributed by atoms with van der Waals surface area (Å²) in [5, 5.41) is 0. The fourth-order valence-electron chi connectivity index (χ4n) is 3.23. The molecule has 1 amide bonds. The minimum Gasteiger partial charge on any atom is -0.340 e. The topological polar surface area (TPSA) is 49.6 Å². The van der Waals surface area contributed by atoms with Crippen LogP contribution in [0.5, 0.6) is 0 Å². The lowest BCUT2D eigenvalue weighted by Crippen LogP contribution is -2.52. The molecule has 2 rings (SSSR count). The van der Waals surface area contributed by atoms with Crippen molar-refractivity contribution in [2.75, 3.05) is 26.2 Å². The molecule has 0 aliphatic carbocycles. The second-order valence-electron chi connectivity index (χ2n) is 6.12. The molecule has 2 atom stereocenters. The Morgan fingerprint density at radius 2 is 1.70 bits per heavy atom. The number of piperidine rings is 1. The van der Waals surface area contributed by atoms with Gasteiger partial charge in [-0.15, -0.1) is 24.8 Å². The molecule has 0 aromatic carbocycles. The lowest BCUT2D eigenvalue weighted by molar-refractivity contribution is -0.138. The summed E-state index contributed by atoms with van der Waals surface area (Å²) in [5.41, 5.74) is 5.91. The molecule has 6 heteroatoms. The van der Waals surface area contributed by atoms with Gasteiger partial charge in [0.1, 0.15) is 0 Å². The number of carbonyl (C=O) groups is 1. The second-order valence-corrected chi connectivity index (χ2v) is 6.12. The largest absolute Gasteiger partial charge is 0.340 e. The lowest BCUT2D eigenvalue weighted by Gasteiger charge is -2.37. The number of likely N-dealkylation sites (tertiary alicyclic amines) is 2. The Kier molecular flexibility index (Phi) is 9.07. The number of nitrogens with two attached hydrogens (primary N) is 1. The van der Waals surface area contributed by atoms with Gasteiger partial charge in [-0.3, -0.25) is 9.69 Å². The number of rotatable bonds is 3. The molecule has 1 unspecified atom stereocenters. The minimum absolute atomic E-state index is 0. The van der Waals surface area contributed by atoms with Crippen LogP contribution in [-0.4, -0.2) is 54.0 Å². The van der Waals surface area contributed by atoms with E-state index in [0.29, 0.717) is 11.8 Å². The van der Waals surface area contributed by atoms with E-state index in [1.807, 2.05) is 4.90 Å². The number of amides is 1. The van der Waals surface area contributed by atoms with Crippen molar-refractivity contribution in [2.45, 2.75) is 51.6 Å². The van der Waals surface area contributed by atoms with Crippen molar-refractivity contribution in [2.24, 2.45) is 11.7 Å². The molecule has 2 aliphatic heterocycles. The van der Waals surface area contributed by atoms with Crippen molar-refractivity contribution in [3.8, 4) is 0 Å². The molecule has 2 fully saturated rings. The van der Waals surface area contributed by atoms with Crippen molar-refractivity contribution < 1.29 is 4.79 Å². The van der Waals surface area contributed by atoms with Gasteiger partial charge in [-0.2, -0.15) is 0 Å². The van der Waals surface area contributed by atoms with E-state index < -0.39 is 0 Å². The third-order valence-corrected chi connectivity index (χ3v) is 4.20. The van der Waals surface area contributed by atoms with Crippen LogP contribution in [0.1, 0.15) is 39.5 Å². The average Bonchev–Trinajstić information content (AvgIpc) is 2.77. The molecular formula is C14H29Cl2N3O. The Bertz CT molecular complexity index is 296. The number of hydrogen-bond acceptors (Lipinski definition) is 3. The third kappa shape index (κ3) is 4.76. The lowest BCUT2D eigenvalue weighted by atomic mass is 9.98. The molecule has 2 N–H and O–H groups in total. The van der Waals surface area contributed by atoms with E-state index in [2.05, 4.69) is 18.7 Å². The highest BCUT2D eigenvalue weighted by Gasteiger charge is 2.35. The predicted octanol–water partition coefficient (Wildman–Crippen LogP) is 1.90. The van der Waals surface area contributed by atoms with E-state index in [0.717, 1.165) is 32.6 Å². The number of carbonyl (C=O) groups excluding carboxylic acids is 1. The number of hydrogen-bond donors (Lipinski definition) is 1. The zero-order chi connectivity index (χ0) is 13.1. The summed E-state index contributed by atoms with van der Waals surface area (Å²) in [6.07, 6.45) is 4.73. The second kappa shape index (κ2) is 9.08. The highest BCUT2D eigenvalue weighted by atomic mass is 35.5. The van der Waals surface area contributed by atoms with E-state index in [1.54, 1.807) is 0 Å². The maximum Gasteiger partial charge on any atom is 0.240 e. The van der Waals surface area contributed by atoms with Crippen molar-refractivity contribution in [3.63, 3.8) is 0 Å². The molecule has 0 bridgehead atoms. The van der Waals surface area contributed by atoms with E-state index in [9.17, 15) is 4.79 Å². The first-order valence-corrected chi connectivity index (χ1v) is 7.38. The average molecular weight is 326 g/mol. The first-order valence-electron chi connectivity index (χ1n) is 7.38. The molecular weight excluding hydrogens is 297 g/mol. The van der Waals surface area contributed by atoms with Crippen LogP contribution in [-0.2, 0) is 4.79 Å². The van der Waals surface area contributed by atoms with Crippen LogP contribution in [0.4, 0.5) is 0 Å². The van der Waals surface area contributed by atoms with Crippen LogP contribution in [0.15, 0.2) is 0 Å². The molecule has 120 valence electrons. The van der Waals surface area contributed by atoms with E-state index in [1.165, 1.54) is 19.3 Å². The van der Waals surface area contributed by atoms with Crippen LogP contribution < -0.4 is 5.73 Å². The Labute approximate surface area is 135 Å². The van der Waals surface area contributed by atoms with Crippen molar-refractivity contribution in [3.05, 3.63) is 0 Å². The maximum atomic E-state index is 12.7. The Morgan fingerprint density at radius 3 is 2.15 bits per heavy atom. The molecule has 4 nitrogen and oxygen atoms in total. The van der Waals surface area contributed by atoms with E-state index in [4.69, 9.17) is 5.73 Å². The molecule has 2 aliphatic rings. The molecule has 0 radical (unpaired) electrons. The standard InChI is InChI=1S/C14H27N3O.2ClH/c1-11(2)13(16-7-4-3-5-8-16)14(18)17-9-6-12(15)10-17;;/h11-13H,3-10,15H2,1-2H3;2*1H/t12-,13?;;/m1../s1. The quantitative estimate of drug-likeness (QED) is 0.862. The number of nitrogens with zero attached hydrogens (tertiary/aromatic N) is 2. The summed E-state index contributed by atoms with van der Waals surface area (Å²) in [6.45, 7) is 8.07. The van der Waals surface area contributed by atoms with Crippen LogP contribution in [0, 0.1) is 5.92 Å². The summed E-state index contributed by atoms with van der Waals surface area (Å²) in [7, 11) is 0. The van der Waals surface area contributed by atoms with Gasteiger partial charge in [0.05, 0.1) is 6.04 Å². The van der Waals surface area contributed by atoms with Gasteiger partial charge in [0.2, 0.25) is 5.91 Å².